The molecule has 0 fully saturated rings. The summed E-state index contributed by atoms with van der Waals surface area (Å²) in [5, 5.41) is 3.78. The molecule has 2 nitrogen and oxygen atoms in total. The summed E-state index contributed by atoms with van der Waals surface area (Å²) in [6.45, 7) is 6.72. The van der Waals surface area contributed by atoms with Crippen molar-refractivity contribution in [2.75, 3.05) is 0 Å². The van der Waals surface area contributed by atoms with Crippen molar-refractivity contribution in [2.24, 2.45) is 0 Å². The predicted octanol–water partition coefficient (Wildman–Crippen LogP) is 4.88. The molecule has 0 aliphatic heterocycles. The first-order valence-electron chi connectivity index (χ1n) is 5.59. The Kier molecular flexibility index (Phi) is 3.72. The molecule has 0 saturated carbocycles. The highest BCUT2D eigenvalue weighted by Gasteiger charge is 2.16. The van der Waals surface area contributed by atoms with E-state index in [0.29, 0.717) is 27.7 Å². The molecule has 98 valence electrons. The van der Waals surface area contributed by atoms with Crippen LogP contribution in [0, 0.1) is 5.82 Å². The lowest BCUT2D eigenvalue weighted by molar-refractivity contribution is 0.395. The zero-order valence-electron chi connectivity index (χ0n) is 10.4. The largest absolute Gasteiger partial charge is 0.458 e. The Balaban J connectivity index is 2.38. The Labute approximate surface area is 119 Å². The van der Waals surface area contributed by atoms with Crippen LogP contribution in [0.1, 0.15) is 26.5 Å². The molecule has 18 heavy (non-hydrogen) atoms. The van der Waals surface area contributed by atoms with E-state index in [0.717, 1.165) is 0 Å². The molecule has 0 unspecified atom stereocenters. The van der Waals surface area contributed by atoms with Gasteiger partial charge in [0.25, 0.3) is 0 Å². The standard InChI is InChI=1S/C13H14BrClFNO/c1-13(2,3)17-6-7-4-8-11(16)10(15)5-9(14)12(8)18-7/h4-5,17H,6H2,1-3H3. The number of fused-ring (bicyclic) bond motifs is 1. The highest BCUT2D eigenvalue weighted by Crippen LogP contribution is 2.33. The molecule has 1 N–H and O–H groups in total. The maximum atomic E-state index is 13.8. The van der Waals surface area contributed by atoms with Gasteiger partial charge in [-0.2, -0.15) is 0 Å². The molecule has 0 aliphatic rings. The van der Waals surface area contributed by atoms with Crippen LogP contribution in [-0.4, -0.2) is 5.54 Å². The van der Waals surface area contributed by atoms with Crippen LogP contribution in [0.25, 0.3) is 11.0 Å². The van der Waals surface area contributed by atoms with Crippen molar-refractivity contribution in [3.8, 4) is 0 Å². The van der Waals surface area contributed by atoms with Crippen LogP contribution in [0.15, 0.2) is 21.0 Å². The molecule has 0 saturated heterocycles. The van der Waals surface area contributed by atoms with Gasteiger partial charge in [0.1, 0.15) is 5.76 Å². The fourth-order valence-electron chi connectivity index (χ4n) is 1.59. The molecule has 0 atom stereocenters. The fraction of sp³-hybridized carbons (Fsp3) is 0.385. The van der Waals surface area contributed by atoms with E-state index in [4.69, 9.17) is 16.0 Å². The zero-order chi connectivity index (χ0) is 13.5. The minimum Gasteiger partial charge on any atom is -0.458 e. The van der Waals surface area contributed by atoms with Gasteiger partial charge in [-0.25, -0.2) is 4.39 Å². The third-order valence-corrected chi connectivity index (χ3v) is 3.36. The van der Waals surface area contributed by atoms with E-state index < -0.39 is 5.82 Å². The Bertz CT molecular complexity index is 589. The molecule has 1 heterocycles. The van der Waals surface area contributed by atoms with E-state index in [1.807, 2.05) is 0 Å². The normalized spacial score (nSPS) is 12.3. The second-order valence-electron chi connectivity index (χ2n) is 5.21. The number of rotatable bonds is 2. The first-order valence-corrected chi connectivity index (χ1v) is 6.76. The van der Waals surface area contributed by atoms with Gasteiger partial charge in [-0.15, -0.1) is 0 Å². The van der Waals surface area contributed by atoms with E-state index in [-0.39, 0.29) is 10.6 Å². The quantitative estimate of drug-likeness (QED) is 0.792. The molecule has 1 aromatic heterocycles. The Hall–Kier alpha value is -0.580. The summed E-state index contributed by atoms with van der Waals surface area (Å²) in [6.07, 6.45) is 0. The second-order valence-corrected chi connectivity index (χ2v) is 6.47. The molecular weight excluding hydrogens is 321 g/mol. The molecule has 1 aromatic carbocycles. The first kappa shape index (κ1) is 13.8. The van der Waals surface area contributed by atoms with Crippen LogP contribution in [-0.2, 0) is 6.54 Å². The molecule has 0 radical (unpaired) electrons. The van der Waals surface area contributed by atoms with Gasteiger partial charge >= 0.3 is 0 Å². The fourth-order valence-corrected chi connectivity index (χ4v) is 2.46. The number of hydrogen-bond donors (Lipinski definition) is 1. The minimum absolute atomic E-state index is 0.0214. The van der Waals surface area contributed by atoms with E-state index in [1.54, 1.807) is 6.07 Å². The Morgan fingerprint density at radius 2 is 2.06 bits per heavy atom. The maximum absolute atomic E-state index is 13.8. The third-order valence-electron chi connectivity index (χ3n) is 2.49. The van der Waals surface area contributed by atoms with E-state index in [1.165, 1.54) is 6.07 Å². The highest BCUT2D eigenvalue weighted by atomic mass is 79.9. The van der Waals surface area contributed by atoms with Crippen LogP contribution in [0.3, 0.4) is 0 Å². The lowest BCUT2D eigenvalue weighted by atomic mass is 10.1. The Morgan fingerprint density at radius 3 is 2.67 bits per heavy atom. The van der Waals surface area contributed by atoms with Crippen LogP contribution >= 0.6 is 27.5 Å². The van der Waals surface area contributed by atoms with Gasteiger partial charge in [-0.05, 0) is 48.8 Å². The summed E-state index contributed by atoms with van der Waals surface area (Å²) < 4.78 is 20.1. The van der Waals surface area contributed by atoms with Gasteiger partial charge in [0.15, 0.2) is 11.4 Å². The van der Waals surface area contributed by atoms with Crippen molar-refractivity contribution in [3.05, 3.63) is 33.2 Å². The molecule has 0 bridgehead atoms. The molecule has 0 amide bonds. The minimum atomic E-state index is -0.444. The maximum Gasteiger partial charge on any atom is 0.152 e. The van der Waals surface area contributed by atoms with Gasteiger partial charge < -0.3 is 9.73 Å². The van der Waals surface area contributed by atoms with Crippen LogP contribution in [0.4, 0.5) is 4.39 Å². The topological polar surface area (TPSA) is 25.2 Å². The van der Waals surface area contributed by atoms with Gasteiger partial charge in [0.05, 0.1) is 21.4 Å². The number of benzene rings is 1. The second kappa shape index (κ2) is 4.83. The number of halogens is 3. The van der Waals surface area contributed by atoms with Crippen molar-refractivity contribution in [1.29, 1.82) is 0 Å². The number of hydrogen-bond acceptors (Lipinski definition) is 2. The van der Waals surface area contributed by atoms with Gasteiger partial charge in [-0.3, -0.25) is 0 Å². The lowest BCUT2D eigenvalue weighted by Crippen LogP contribution is -2.34. The van der Waals surface area contributed by atoms with Crippen molar-refractivity contribution < 1.29 is 8.81 Å². The van der Waals surface area contributed by atoms with Gasteiger partial charge in [0.2, 0.25) is 0 Å². The summed E-state index contributed by atoms with van der Waals surface area (Å²) in [5.41, 5.74) is 0.467. The Morgan fingerprint density at radius 1 is 1.39 bits per heavy atom. The predicted molar refractivity (Wildman–Crippen MR) is 75.5 cm³/mol. The van der Waals surface area contributed by atoms with E-state index >= 15 is 0 Å². The highest BCUT2D eigenvalue weighted by molar-refractivity contribution is 9.10. The molecular formula is C13H14BrClFNO. The summed E-state index contributed by atoms with van der Waals surface area (Å²) in [7, 11) is 0. The van der Waals surface area contributed by atoms with Crippen LogP contribution in [0.5, 0.6) is 0 Å². The smallest absolute Gasteiger partial charge is 0.152 e. The zero-order valence-corrected chi connectivity index (χ0v) is 12.7. The first-order chi connectivity index (χ1) is 8.28. The molecule has 2 aromatic rings. The van der Waals surface area contributed by atoms with Crippen LogP contribution in [0.2, 0.25) is 5.02 Å². The van der Waals surface area contributed by atoms with E-state index in [2.05, 4.69) is 42.0 Å². The van der Waals surface area contributed by atoms with Gasteiger partial charge in [-0.1, -0.05) is 11.6 Å². The monoisotopic (exact) mass is 333 g/mol. The SMILES string of the molecule is CC(C)(C)NCc1cc2c(F)c(Cl)cc(Br)c2o1. The molecule has 2 rings (SSSR count). The van der Waals surface area contributed by atoms with Crippen LogP contribution < -0.4 is 5.32 Å². The lowest BCUT2D eigenvalue weighted by Gasteiger charge is -2.19. The molecule has 0 spiro atoms. The summed E-state index contributed by atoms with van der Waals surface area (Å²) in [6, 6.07) is 3.18. The van der Waals surface area contributed by atoms with E-state index in [9.17, 15) is 4.39 Å². The van der Waals surface area contributed by atoms with Crippen molar-refractivity contribution in [1.82, 2.24) is 5.32 Å². The van der Waals surface area contributed by atoms with Gasteiger partial charge in [0, 0.05) is 5.54 Å². The summed E-state index contributed by atoms with van der Waals surface area (Å²) in [4.78, 5) is 0. The summed E-state index contributed by atoms with van der Waals surface area (Å²) >= 11 is 9.11. The van der Waals surface area contributed by atoms with Crippen molar-refractivity contribution >= 4 is 38.5 Å². The summed E-state index contributed by atoms with van der Waals surface area (Å²) in [5.74, 6) is 0.238. The van der Waals surface area contributed by atoms with Crippen molar-refractivity contribution in [2.45, 2.75) is 32.9 Å². The molecule has 0 aliphatic carbocycles. The average Bonchev–Trinajstić information content (AvgIpc) is 2.67. The average molecular weight is 335 g/mol. The van der Waals surface area contributed by atoms with Crippen molar-refractivity contribution in [3.63, 3.8) is 0 Å². The molecule has 5 heteroatoms. The third kappa shape index (κ3) is 2.87. The number of furan rings is 1. The number of nitrogens with one attached hydrogen (secondary N) is 1.